The van der Waals surface area contributed by atoms with Gasteiger partial charge in [-0.3, -0.25) is 4.90 Å². The summed E-state index contributed by atoms with van der Waals surface area (Å²) in [5, 5.41) is 9.07. The summed E-state index contributed by atoms with van der Waals surface area (Å²) in [5.41, 5.74) is 1.14. The van der Waals surface area contributed by atoms with E-state index in [1.807, 2.05) is 18.2 Å². The van der Waals surface area contributed by atoms with Crippen molar-refractivity contribution in [2.75, 3.05) is 40.5 Å². The van der Waals surface area contributed by atoms with Gasteiger partial charge in [0, 0.05) is 31.2 Å². The van der Waals surface area contributed by atoms with Gasteiger partial charge in [-0.25, -0.2) is 0 Å². The summed E-state index contributed by atoms with van der Waals surface area (Å²) >= 11 is 3.53. The van der Waals surface area contributed by atoms with Crippen LogP contribution in [0.2, 0.25) is 0 Å². The lowest BCUT2D eigenvalue weighted by molar-refractivity contribution is 0.126. The van der Waals surface area contributed by atoms with E-state index in [0.29, 0.717) is 13.2 Å². The second kappa shape index (κ2) is 8.48. The average molecular weight is 318 g/mol. The molecule has 1 rings (SSSR count). The summed E-state index contributed by atoms with van der Waals surface area (Å²) in [7, 11) is 3.34. The molecule has 1 aromatic carbocycles. The molecule has 1 aromatic rings. The molecule has 0 fully saturated rings. The molecule has 0 aliphatic rings. The first-order chi connectivity index (χ1) is 8.71. The Morgan fingerprint density at radius 2 is 2.06 bits per heavy atom. The van der Waals surface area contributed by atoms with Crippen molar-refractivity contribution in [2.45, 2.75) is 6.54 Å². The van der Waals surface area contributed by atoms with Gasteiger partial charge >= 0.3 is 0 Å². The Hall–Kier alpha value is -0.620. The SMILES string of the molecule is COCCN(CCO)Cc1cc(OC)ccc1Br. The van der Waals surface area contributed by atoms with Gasteiger partial charge in [0.2, 0.25) is 0 Å². The summed E-state index contributed by atoms with van der Waals surface area (Å²) in [6.07, 6.45) is 0. The molecule has 18 heavy (non-hydrogen) atoms. The van der Waals surface area contributed by atoms with Gasteiger partial charge in [-0.2, -0.15) is 0 Å². The fraction of sp³-hybridized carbons (Fsp3) is 0.538. The summed E-state index contributed by atoms with van der Waals surface area (Å²) < 4.78 is 11.3. The summed E-state index contributed by atoms with van der Waals surface area (Å²) in [4.78, 5) is 2.14. The largest absolute Gasteiger partial charge is 0.497 e. The van der Waals surface area contributed by atoms with Crippen molar-refractivity contribution < 1.29 is 14.6 Å². The van der Waals surface area contributed by atoms with E-state index in [-0.39, 0.29) is 6.61 Å². The maximum atomic E-state index is 9.07. The van der Waals surface area contributed by atoms with Gasteiger partial charge in [0.05, 0.1) is 20.3 Å². The number of aliphatic hydroxyl groups is 1. The van der Waals surface area contributed by atoms with Gasteiger partial charge in [0.1, 0.15) is 5.75 Å². The molecule has 0 saturated carbocycles. The summed E-state index contributed by atoms with van der Waals surface area (Å²) in [6.45, 7) is 2.97. The molecular formula is C13H20BrNO3. The van der Waals surface area contributed by atoms with Crippen LogP contribution in [0.5, 0.6) is 5.75 Å². The van der Waals surface area contributed by atoms with Gasteiger partial charge in [-0.1, -0.05) is 15.9 Å². The highest BCUT2D eigenvalue weighted by molar-refractivity contribution is 9.10. The number of methoxy groups -OCH3 is 2. The third-order valence-electron chi connectivity index (χ3n) is 2.67. The van der Waals surface area contributed by atoms with Crippen LogP contribution in [0.15, 0.2) is 22.7 Å². The molecule has 0 spiro atoms. The molecule has 0 amide bonds. The number of rotatable bonds is 8. The van der Waals surface area contributed by atoms with Crippen LogP contribution in [0.3, 0.4) is 0 Å². The standard InChI is InChI=1S/C13H20BrNO3/c1-17-8-6-15(5-7-16)10-11-9-12(18-2)3-4-13(11)14/h3-4,9,16H,5-8,10H2,1-2H3. The minimum absolute atomic E-state index is 0.144. The minimum atomic E-state index is 0.144. The van der Waals surface area contributed by atoms with Crippen molar-refractivity contribution in [3.05, 3.63) is 28.2 Å². The third-order valence-corrected chi connectivity index (χ3v) is 3.45. The second-order valence-electron chi connectivity index (χ2n) is 3.95. The average Bonchev–Trinajstić information content (AvgIpc) is 2.38. The fourth-order valence-electron chi connectivity index (χ4n) is 1.67. The summed E-state index contributed by atoms with van der Waals surface area (Å²) in [5.74, 6) is 0.837. The van der Waals surface area contributed by atoms with Crippen LogP contribution >= 0.6 is 15.9 Å². The van der Waals surface area contributed by atoms with Crippen LogP contribution in [0.25, 0.3) is 0 Å². The van der Waals surface area contributed by atoms with Crippen molar-refractivity contribution in [3.8, 4) is 5.75 Å². The Bertz CT molecular complexity index is 360. The highest BCUT2D eigenvalue weighted by atomic mass is 79.9. The van der Waals surface area contributed by atoms with E-state index in [4.69, 9.17) is 14.6 Å². The Balaban J connectivity index is 2.72. The topological polar surface area (TPSA) is 41.9 Å². The Kier molecular flexibility index (Phi) is 7.27. The normalized spacial score (nSPS) is 10.9. The van der Waals surface area contributed by atoms with E-state index in [2.05, 4.69) is 20.8 Å². The number of ether oxygens (including phenoxy) is 2. The molecule has 0 heterocycles. The predicted octanol–water partition coefficient (Wildman–Crippen LogP) is 1.90. The van der Waals surface area contributed by atoms with Crippen LogP contribution in [-0.2, 0) is 11.3 Å². The third kappa shape index (κ3) is 4.94. The van der Waals surface area contributed by atoms with Crippen LogP contribution in [0, 0.1) is 0 Å². The Labute approximate surface area is 117 Å². The molecule has 0 aliphatic carbocycles. The van der Waals surface area contributed by atoms with E-state index in [0.717, 1.165) is 28.9 Å². The molecule has 102 valence electrons. The first-order valence-corrected chi connectivity index (χ1v) is 6.65. The zero-order valence-corrected chi connectivity index (χ0v) is 12.4. The van der Waals surface area contributed by atoms with Crippen molar-refractivity contribution in [2.24, 2.45) is 0 Å². The second-order valence-corrected chi connectivity index (χ2v) is 4.80. The first-order valence-electron chi connectivity index (χ1n) is 5.85. The number of aliphatic hydroxyl groups excluding tert-OH is 1. The van der Waals surface area contributed by atoms with Gasteiger partial charge in [0.25, 0.3) is 0 Å². The molecule has 5 heteroatoms. The highest BCUT2D eigenvalue weighted by Crippen LogP contribution is 2.23. The molecule has 0 saturated heterocycles. The lowest BCUT2D eigenvalue weighted by Crippen LogP contribution is -2.30. The molecule has 1 N–H and O–H groups in total. The fourth-order valence-corrected chi connectivity index (χ4v) is 2.04. The van der Waals surface area contributed by atoms with E-state index < -0.39 is 0 Å². The molecule has 0 bridgehead atoms. The molecule has 0 unspecified atom stereocenters. The van der Waals surface area contributed by atoms with Gasteiger partial charge in [-0.15, -0.1) is 0 Å². The molecule has 0 radical (unpaired) electrons. The van der Waals surface area contributed by atoms with E-state index in [1.165, 1.54) is 0 Å². The van der Waals surface area contributed by atoms with Crippen LogP contribution in [0.4, 0.5) is 0 Å². The van der Waals surface area contributed by atoms with E-state index in [9.17, 15) is 0 Å². The van der Waals surface area contributed by atoms with Crippen LogP contribution in [0.1, 0.15) is 5.56 Å². The van der Waals surface area contributed by atoms with Crippen LogP contribution < -0.4 is 4.74 Å². The Morgan fingerprint density at radius 1 is 1.28 bits per heavy atom. The van der Waals surface area contributed by atoms with Crippen molar-refractivity contribution >= 4 is 15.9 Å². The Morgan fingerprint density at radius 3 is 2.67 bits per heavy atom. The molecule has 0 atom stereocenters. The zero-order valence-electron chi connectivity index (χ0n) is 10.9. The van der Waals surface area contributed by atoms with Crippen molar-refractivity contribution in [3.63, 3.8) is 0 Å². The molecule has 0 aliphatic heterocycles. The summed E-state index contributed by atoms with van der Waals surface area (Å²) in [6, 6.07) is 5.89. The smallest absolute Gasteiger partial charge is 0.119 e. The number of nitrogens with zero attached hydrogens (tertiary/aromatic N) is 1. The van der Waals surface area contributed by atoms with Crippen molar-refractivity contribution in [1.82, 2.24) is 4.90 Å². The van der Waals surface area contributed by atoms with Gasteiger partial charge < -0.3 is 14.6 Å². The molecule has 0 aromatic heterocycles. The number of hydrogen-bond acceptors (Lipinski definition) is 4. The maximum absolute atomic E-state index is 9.07. The first kappa shape index (κ1) is 15.4. The van der Waals surface area contributed by atoms with Crippen molar-refractivity contribution in [1.29, 1.82) is 0 Å². The number of benzene rings is 1. The van der Waals surface area contributed by atoms with E-state index in [1.54, 1.807) is 14.2 Å². The maximum Gasteiger partial charge on any atom is 0.119 e. The van der Waals surface area contributed by atoms with Gasteiger partial charge in [-0.05, 0) is 23.8 Å². The monoisotopic (exact) mass is 317 g/mol. The minimum Gasteiger partial charge on any atom is -0.497 e. The number of halogens is 1. The van der Waals surface area contributed by atoms with E-state index >= 15 is 0 Å². The highest BCUT2D eigenvalue weighted by Gasteiger charge is 2.09. The predicted molar refractivity (Wildman–Crippen MR) is 74.9 cm³/mol. The van der Waals surface area contributed by atoms with Gasteiger partial charge in [0.15, 0.2) is 0 Å². The lowest BCUT2D eigenvalue weighted by Gasteiger charge is -2.21. The van der Waals surface area contributed by atoms with Crippen LogP contribution in [-0.4, -0.2) is 50.5 Å². The molecule has 4 nitrogen and oxygen atoms in total. The lowest BCUT2D eigenvalue weighted by atomic mass is 10.2. The zero-order chi connectivity index (χ0) is 13.4. The molecular weight excluding hydrogens is 298 g/mol. The quantitative estimate of drug-likeness (QED) is 0.795. The number of hydrogen-bond donors (Lipinski definition) is 1.